The van der Waals surface area contributed by atoms with Crippen LogP contribution in [0.15, 0.2) is 18.5 Å². The van der Waals surface area contributed by atoms with Crippen molar-refractivity contribution in [2.45, 2.75) is 38.4 Å². The molecule has 2 heterocycles. The molecule has 1 aromatic rings. The van der Waals surface area contributed by atoms with E-state index >= 15 is 0 Å². The van der Waals surface area contributed by atoms with Crippen molar-refractivity contribution in [1.29, 1.82) is 0 Å². The largest absolute Gasteiger partial charge is 0.350 e. The lowest BCUT2D eigenvalue weighted by Gasteiger charge is -2.23. The first-order chi connectivity index (χ1) is 9.38. The predicted molar refractivity (Wildman–Crippen MR) is 74.4 cm³/mol. The van der Waals surface area contributed by atoms with Gasteiger partial charge < -0.3 is 5.32 Å². The van der Waals surface area contributed by atoms with Gasteiger partial charge in [0.1, 0.15) is 6.04 Å². The summed E-state index contributed by atoms with van der Waals surface area (Å²) in [5.74, 6) is -0.229. The Morgan fingerprint density at radius 2 is 2.30 bits per heavy atom. The zero-order valence-corrected chi connectivity index (χ0v) is 12.5. The molecule has 2 atom stereocenters. The fraction of sp³-hybridized carbons (Fsp3) is 0.667. The molecule has 1 aromatic heterocycles. The van der Waals surface area contributed by atoms with Gasteiger partial charge in [-0.2, -0.15) is 9.40 Å². The number of amides is 1. The Bertz CT molecular complexity index is 555. The van der Waals surface area contributed by atoms with Crippen LogP contribution < -0.4 is 5.32 Å². The van der Waals surface area contributed by atoms with E-state index in [0.717, 1.165) is 12.7 Å². The monoisotopic (exact) mass is 300 g/mol. The molecule has 2 unspecified atom stereocenters. The number of sulfonamides is 1. The van der Waals surface area contributed by atoms with E-state index in [-0.39, 0.29) is 11.9 Å². The van der Waals surface area contributed by atoms with E-state index in [1.165, 1.54) is 4.31 Å². The molecule has 0 radical (unpaired) electrons. The molecule has 7 nitrogen and oxygen atoms in total. The topological polar surface area (TPSA) is 84.3 Å². The van der Waals surface area contributed by atoms with Crippen molar-refractivity contribution >= 4 is 15.9 Å². The Hall–Kier alpha value is -1.41. The van der Waals surface area contributed by atoms with Crippen LogP contribution in [0.1, 0.15) is 19.8 Å². The highest BCUT2D eigenvalue weighted by Crippen LogP contribution is 2.20. The van der Waals surface area contributed by atoms with Crippen LogP contribution in [0.4, 0.5) is 0 Å². The fourth-order valence-corrected chi connectivity index (χ4v) is 3.60. The molecule has 0 spiro atoms. The standard InChI is InChI=1S/C12H20N4O3S/c1-10(9-15-7-4-6-13-15)14-12(17)11-5-3-8-16(11)20(2,18)19/h4,6-7,10-11H,3,5,8-9H2,1-2H3,(H,14,17). The molecule has 1 aliphatic heterocycles. The molecule has 0 aromatic carbocycles. The van der Waals surface area contributed by atoms with Gasteiger partial charge in [-0.05, 0) is 25.8 Å². The van der Waals surface area contributed by atoms with Crippen LogP contribution in [0.2, 0.25) is 0 Å². The molecule has 2 rings (SSSR count). The first-order valence-electron chi connectivity index (χ1n) is 6.62. The summed E-state index contributed by atoms with van der Waals surface area (Å²) in [5.41, 5.74) is 0. The molecular weight excluding hydrogens is 280 g/mol. The number of rotatable bonds is 5. The smallest absolute Gasteiger partial charge is 0.238 e. The number of aromatic nitrogens is 2. The highest BCUT2D eigenvalue weighted by atomic mass is 32.2. The van der Waals surface area contributed by atoms with Gasteiger partial charge >= 0.3 is 0 Å². The van der Waals surface area contributed by atoms with Gasteiger partial charge in [0, 0.05) is 25.0 Å². The minimum atomic E-state index is -3.33. The lowest BCUT2D eigenvalue weighted by molar-refractivity contribution is -0.124. The van der Waals surface area contributed by atoms with Gasteiger partial charge in [0.05, 0.1) is 12.8 Å². The van der Waals surface area contributed by atoms with Crippen LogP contribution in [0, 0.1) is 0 Å². The maximum Gasteiger partial charge on any atom is 0.238 e. The van der Waals surface area contributed by atoms with Crippen molar-refractivity contribution in [3.8, 4) is 0 Å². The highest BCUT2D eigenvalue weighted by Gasteiger charge is 2.36. The second-order valence-electron chi connectivity index (χ2n) is 5.17. The van der Waals surface area contributed by atoms with Crippen molar-refractivity contribution in [2.75, 3.05) is 12.8 Å². The summed E-state index contributed by atoms with van der Waals surface area (Å²) in [6.45, 7) is 2.86. The number of carbonyl (C=O) groups is 1. The van der Waals surface area contributed by atoms with E-state index in [2.05, 4.69) is 10.4 Å². The van der Waals surface area contributed by atoms with Crippen molar-refractivity contribution in [3.05, 3.63) is 18.5 Å². The average molecular weight is 300 g/mol. The molecule has 112 valence electrons. The molecule has 8 heteroatoms. The summed E-state index contributed by atoms with van der Waals surface area (Å²) < 4.78 is 26.3. The minimum Gasteiger partial charge on any atom is -0.350 e. The van der Waals surface area contributed by atoms with Gasteiger partial charge in [0.15, 0.2) is 0 Å². The van der Waals surface area contributed by atoms with Gasteiger partial charge in [-0.15, -0.1) is 0 Å². The van der Waals surface area contributed by atoms with Crippen LogP contribution >= 0.6 is 0 Å². The van der Waals surface area contributed by atoms with E-state index in [1.54, 1.807) is 10.9 Å². The summed E-state index contributed by atoms with van der Waals surface area (Å²) >= 11 is 0. The molecule has 0 aliphatic carbocycles. The first kappa shape index (κ1) is 15.0. The zero-order valence-electron chi connectivity index (χ0n) is 11.7. The first-order valence-corrected chi connectivity index (χ1v) is 8.47. The molecular formula is C12H20N4O3S. The summed E-state index contributed by atoms with van der Waals surface area (Å²) in [4.78, 5) is 12.2. The molecule has 0 bridgehead atoms. The fourth-order valence-electron chi connectivity index (χ4n) is 2.47. The van der Waals surface area contributed by atoms with Crippen molar-refractivity contribution < 1.29 is 13.2 Å². The molecule has 20 heavy (non-hydrogen) atoms. The Balaban J connectivity index is 1.94. The van der Waals surface area contributed by atoms with Crippen molar-refractivity contribution in [2.24, 2.45) is 0 Å². The average Bonchev–Trinajstić information content (AvgIpc) is 2.96. The van der Waals surface area contributed by atoms with E-state index in [4.69, 9.17) is 0 Å². The summed E-state index contributed by atoms with van der Waals surface area (Å²) in [6.07, 6.45) is 5.94. The van der Waals surface area contributed by atoms with E-state index in [1.807, 2.05) is 19.2 Å². The van der Waals surface area contributed by atoms with Crippen molar-refractivity contribution in [1.82, 2.24) is 19.4 Å². The molecule has 1 aliphatic rings. The Labute approximate surface area is 119 Å². The lowest BCUT2D eigenvalue weighted by atomic mass is 10.2. The molecule has 1 saturated heterocycles. The van der Waals surface area contributed by atoms with E-state index in [0.29, 0.717) is 19.5 Å². The highest BCUT2D eigenvalue weighted by molar-refractivity contribution is 7.88. The molecule has 1 amide bonds. The number of hydrogen-bond donors (Lipinski definition) is 1. The third-order valence-electron chi connectivity index (χ3n) is 3.34. The number of carbonyl (C=O) groups excluding carboxylic acids is 1. The number of nitrogens with one attached hydrogen (secondary N) is 1. The second kappa shape index (κ2) is 5.92. The number of hydrogen-bond acceptors (Lipinski definition) is 4. The second-order valence-corrected chi connectivity index (χ2v) is 7.10. The quantitative estimate of drug-likeness (QED) is 0.817. The van der Waals surface area contributed by atoms with Crippen LogP contribution in [0.25, 0.3) is 0 Å². The van der Waals surface area contributed by atoms with Gasteiger partial charge in [-0.3, -0.25) is 9.48 Å². The third kappa shape index (κ3) is 3.57. The van der Waals surface area contributed by atoms with Gasteiger partial charge in [-0.25, -0.2) is 8.42 Å². The minimum absolute atomic E-state index is 0.107. The molecule has 0 saturated carbocycles. The van der Waals surface area contributed by atoms with Gasteiger partial charge in [-0.1, -0.05) is 0 Å². The van der Waals surface area contributed by atoms with Gasteiger partial charge in [0.2, 0.25) is 15.9 Å². The van der Waals surface area contributed by atoms with Gasteiger partial charge in [0.25, 0.3) is 0 Å². The van der Waals surface area contributed by atoms with Crippen molar-refractivity contribution in [3.63, 3.8) is 0 Å². The summed E-state index contributed by atoms with van der Waals surface area (Å²) in [7, 11) is -3.33. The predicted octanol–water partition coefficient (Wildman–Crippen LogP) is -0.188. The van der Waals surface area contributed by atoms with Crippen LogP contribution in [-0.2, 0) is 21.4 Å². The van der Waals surface area contributed by atoms with Crippen LogP contribution in [0.5, 0.6) is 0 Å². The molecule has 1 fully saturated rings. The third-order valence-corrected chi connectivity index (χ3v) is 4.63. The molecule has 1 N–H and O–H groups in total. The Morgan fingerprint density at radius 3 is 2.90 bits per heavy atom. The van der Waals surface area contributed by atoms with E-state index < -0.39 is 16.1 Å². The maximum absolute atomic E-state index is 12.2. The number of nitrogens with zero attached hydrogens (tertiary/aromatic N) is 3. The Kier molecular flexibility index (Phi) is 4.44. The lowest BCUT2D eigenvalue weighted by Crippen LogP contribution is -2.48. The normalized spacial score (nSPS) is 21.8. The van der Waals surface area contributed by atoms with Crippen LogP contribution in [-0.4, -0.2) is 53.3 Å². The Morgan fingerprint density at radius 1 is 1.55 bits per heavy atom. The van der Waals surface area contributed by atoms with E-state index in [9.17, 15) is 13.2 Å². The zero-order chi connectivity index (χ0) is 14.8. The summed E-state index contributed by atoms with van der Waals surface area (Å²) in [6, 6.07) is 1.13. The summed E-state index contributed by atoms with van der Waals surface area (Å²) in [5, 5.41) is 6.93. The SMILES string of the molecule is CC(Cn1cccn1)NC(=O)C1CCCN1S(C)(=O)=O. The van der Waals surface area contributed by atoms with Crippen LogP contribution in [0.3, 0.4) is 0 Å². The maximum atomic E-state index is 12.2.